The lowest BCUT2D eigenvalue weighted by Gasteiger charge is -2.03. The van der Waals surface area contributed by atoms with Crippen LogP contribution in [0.5, 0.6) is 0 Å². The predicted octanol–water partition coefficient (Wildman–Crippen LogP) is 3.52. The van der Waals surface area contributed by atoms with Crippen LogP contribution in [0.4, 0.5) is 4.39 Å². The first kappa shape index (κ1) is 11.9. The van der Waals surface area contributed by atoms with Gasteiger partial charge in [0.2, 0.25) is 5.78 Å². The molecular formula is C13H9BrFNO. The third-order valence-electron chi connectivity index (χ3n) is 2.30. The largest absolute Gasteiger partial charge is 0.287 e. The van der Waals surface area contributed by atoms with E-state index in [4.69, 9.17) is 0 Å². The van der Waals surface area contributed by atoms with Crippen LogP contribution in [0.3, 0.4) is 0 Å². The molecule has 1 aromatic carbocycles. The molecule has 2 nitrogen and oxygen atoms in total. The van der Waals surface area contributed by atoms with Gasteiger partial charge in [0.05, 0.1) is 0 Å². The molecule has 2 aromatic rings. The molecule has 0 saturated heterocycles. The van der Waals surface area contributed by atoms with E-state index in [0.717, 1.165) is 5.56 Å². The number of aryl methyl sites for hydroxylation is 1. The summed E-state index contributed by atoms with van der Waals surface area (Å²) in [5.74, 6) is -0.589. The second kappa shape index (κ2) is 4.75. The second-order valence-corrected chi connectivity index (χ2v) is 4.53. The van der Waals surface area contributed by atoms with Crippen LogP contribution in [0.15, 0.2) is 41.0 Å². The molecule has 86 valence electrons. The van der Waals surface area contributed by atoms with Gasteiger partial charge in [-0.2, -0.15) is 0 Å². The van der Waals surface area contributed by atoms with Gasteiger partial charge >= 0.3 is 0 Å². The van der Waals surface area contributed by atoms with Gasteiger partial charge in [-0.1, -0.05) is 0 Å². The number of halogens is 2. The third kappa shape index (κ3) is 2.58. The zero-order valence-electron chi connectivity index (χ0n) is 9.08. The van der Waals surface area contributed by atoms with Crippen molar-refractivity contribution >= 4 is 21.7 Å². The molecule has 1 heterocycles. The minimum Gasteiger partial charge on any atom is -0.287 e. The van der Waals surface area contributed by atoms with Crippen molar-refractivity contribution in [3.8, 4) is 0 Å². The number of hydrogen-bond acceptors (Lipinski definition) is 2. The maximum absolute atomic E-state index is 12.7. The first-order chi connectivity index (χ1) is 8.08. The van der Waals surface area contributed by atoms with Crippen LogP contribution in [0.1, 0.15) is 21.6 Å². The van der Waals surface area contributed by atoms with E-state index in [1.807, 2.05) is 13.0 Å². The molecule has 0 saturated carbocycles. The number of pyridine rings is 1. The lowest BCUT2D eigenvalue weighted by Crippen LogP contribution is -2.05. The fraction of sp³-hybridized carbons (Fsp3) is 0.0769. The molecule has 1 aromatic heterocycles. The molecule has 0 fully saturated rings. The highest BCUT2D eigenvalue weighted by atomic mass is 79.9. The van der Waals surface area contributed by atoms with E-state index in [1.165, 1.54) is 24.3 Å². The summed E-state index contributed by atoms with van der Waals surface area (Å²) >= 11 is 3.30. The molecule has 0 aliphatic carbocycles. The van der Waals surface area contributed by atoms with Gasteiger partial charge in [0.25, 0.3) is 0 Å². The summed E-state index contributed by atoms with van der Waals surface area (Å²) in [4.78, 5) is 16.2. The summed E-state index contributed by atoms with van der Waals surface area (Å²) in [5, 5.41) is 0. The molecular weight excluding hydrogens is 285 g/mol. The molecule has 0 spiro atoms. The average Bonchev–Trinajstić information content (AvgIpc) is 2.29. The van der Waals surface area contributed by atoms with Gasteiger partial charge in [0.1, 0.15) is 11.5 Å². The molecule has 0 aliphatic heterocycles. The molecule has 0 amide bonds. The van der Waals surface area contributed by atoms with Gasteiger partial charge in [-0.05, 0) is 58.7 Å². The highest BCUT2D eigenvalue weighted by Gasteiger charge is 2.14. The maximum Gasteiger partial charge on any atom is 0.212 e. The van der Waals surface area contributed by atoms with Crippen LogP contribution < -0.4 is 0 Å². The average molecular weight is 294 g/mol. The second-order valence-electron chi connectivity index (χ2n) is 3.68. The molecule has 0 unspecified atom stereocenters. The van der Waals surface area contributed by atoms with E-state index in [9.17, 15) is 9.18 Å². The Morgan fingerprint density at radius 2 is 1.94 bits per heavy atom. The normalized spacial score (nSPS) is 10.3. The molecule has 0 bridgehead atoms. The lowest BCUT2D eigenvalue weighted by molar-refractivity contribution is 0.103. The number of carbonyl (C=O) groups is 1. The number of hydrogen-bond donors (Lipinski definition) is 0. The summed E-state index contributed by atoms with van der Waals surface area (Å²) in [5.41, 5.74) is 1.72. The van der Waals surface area contributed by atoms with Gasteiger partial charge in [0.15, 0.2) is 0 Å². The summed E-state index contributed by atoms with van der Waals surface area (Å²) in [7, 11) is 0. The van der Waals surface area contributed by atoms with Crippen molar-refractivity contribution in [1.82, 2.24) is 4.98 Å². The quantitative estimate of drug-likeness (QED) is 0.793. The summed E-state index contributed by atoms with van der Waals surface area (Å²) in [6, 6.07) is 7.24. The maximum atomic E-state index is 12.7. The van der Waals surface area contributed by atoms with Crippen molar-refractivity contribution < 1.29 is 9.18 Å². The highest BCUT2D eigenvalue weighted by molar-refractivity contribution is 9.10. The minimum atomic E-state index is -0.363. The molecule has 4 heteroatoms. The van der Waals surface area contributed by atoms with Crippen molar-refractivity contribution in [2.24, 2.45) is 0 Å². The number of rotatable bonds is 2. The lowest BCUT2D eigenvalue weighted by atomic mass is 10.1. The standard InChI is InChI=1S/C13H9BrFNO/c1-8-6-11(14)12(16-7-8)13(17)9-2-4-10(15)5-3-9/h2-7H,1H3. The first-order valence-corrected chi connectivity index (χ1v) is 5.79. The first-order valence-electron chi connectivity index (χ1n) is 5.00. The van der Waals surface area contributed by atoms with E-state index in [0.29, 0.717) is 15.7 Å². The fourth-order valence-corrected chi connectivity index (χ4v) is 2.08. The number of nitrogens with zero attached hydrogens (tertiary/aromatic N) is 1. The Morgan fingerprint density at radius 1 is 1.29 bits per heavy atom. The summed E-state index contributed by atoms with van der Waals surface area (Å²) in [6.45, 7) is 1.89. The van der Waals surface area contributed by atoms with E-state index < -0.39 is 0 Å². The van der Waals surface area contributed by atoms with Gasteiger partial charge < -0.3 is 0 Å². The van der Waals surface area contributed by atoms with Crippen molar-refractivity contribution in [2.75, 3.05) is 0 Å². The van der Waals surface area contributed by atoms with Crippen molar-refractivity contribution in [3.05, 3.63) is 63.6 Å². The SMILES string of the molecule is Cc1cnc(C(=O)c2ccc(F)cc2)c(Br)c1. The monoisotopic (exact) mass is 293 g/mol. The topological polar surface area (TPSA) is 30.0 Å². The van der Waals surface area contributed by atoms with Crippen molar-refractivity contribution in [2.45, 2.75) is 6.92 Å². The fourth-order valence-electron chi connectivity index (χ4n) is 1.44. The molecule has 2 rings (SSSR count). The van der Waals surface area contributed by atoms with Crippen LogP contribution in [0.25, 0.3) is 0 Å². The van der Waals surface area contributed by atoms with Gasteiger partial charge in [-0.3, -0.25) is 9.78 Å². The van der Waals surface area contributed by atoms with E-state index >= 15 is 0 Å². The number of aromatic nitrogens is 1. The van der Waals surface area contributed by atoms with Crippen LogP contribution in [-0.2, 0) is 0 Å². The number of benzene rings is 1. The van der Waals surface area contributed by atoms with E-state index in [1.54, 1.807) is 6.20 Å². The van der Waals surface area contributed by atoms with Crippen LogP contribution in [0.2, 0.25) is 0 Å². The zero-order valence-corrected chi connectivity index (χ0v) is 10.7. The summed E-state index contributed by atoms with van der Waals surface area (Å²) < 4.78 is 13.4. The number of carbonyl (C=O) groups excluding carboxylic acids is 1. The zero-order chi connectivity index (χ0) is 12.4. The molecule has 0 N–H and O–H groups in total. The van der Waals surface area contributed by atoms with Gasteiger partial charge in [-0.15, -0.1) is 0 Å². The van der Waals surface area contributed by atoms with Crippen LogP contribution in [-0.4, -0.2) is 10.8 Å². The number of ketones is 1. The Labute approximate surface area is 107 Å². The molecule has 0 aliphatic rings. The molecule has 0 radical (unpaired) electrons. The third-order valence-corrected chi connectivity index (χ3v) is 2.90. The smallest absolute Gasteiger partial charge is 0.212 e. The Morgan fingerprint density at radius 3 is 2.53 bits per heavy atom. The predicted molar refractivity (Wildman–Crippen MR) is 66.5 cm³/mol. The highest BCUT2D eigenvalue weighted by Crippen LogP contribution is 2.19. The van der Waals surface area contributed by atoms with E-state index in [-0.39, 0.29) is 11.6 Å². The minimum absolute atomic E-state index is 0.225. The van der Waals surface area contributed by atoms with Crippen molar-refractivity contribution in [1.29, 1.82) is 0 Å². The Balaban J connectivity index is 2.40. The van der Waals surface area contributed by atoms with Gasteiger partial charge in [0, 0.05) is 16.2 Å². The van der Waals surface area contributed by atoms with Gasteiger partial charge in [-0.25, -0.2) is 4.39 Å². The summed E-state index contributed by atoms with van der Waals surface area (Å²) in [6.07, 6.45) is 1.63. The van der Waals surface area contributed by atoms with Crippen LogP contribution >= 0.6 is 15.9 Å². The molecule has 0 atom stereocenters. The Kier molecular flexibility index (Phi) is 3.33. The Bertz CT molecular complexity index is 566. The van der Waals surface area contributed by atoms with Crippen LogP contribution in [0, 0.1) is 12.7 Å². The van der Waals surface area contributed by atoms with E-state index in [2.05, 4.69) is 20.9 Å². The Hall–Kier alpha value is -1.55. The van der Waals surface area contributed by atoms with Crippen molar-refractivity contribution in [3.63, 3.8) is 0 Å². The molecule has 17 heavy (non-hydrogen) atoms.